The van der Waals surface area contributed by atoms with E-state index in [9.17, 15) is 9.59 Å². The highest BCUT2D eigenvalue weighted by Gasteiger charge is 2.55. The van der Waals surface area contributed by atoms with Crippen molar-refractivity contribution in [2.24, 2.45) is 0 Å². The number of carbonyl (C=O) groups is 2. The zero-order chi connectivity index (χ0) is 26.3. The van der Waals surface area contributed by atoms with Gasteiger partial charge in [0.15, 0.2) is 0 Å². The minimum absolute atomic E-state index is 0.277. The van der Waals surface area contributed by atoms with Gasteiger partial charge in [-0.2, -0.15) is 0 Å². The largest absolute Gasteiger partial charge is 0.465 e. The van der Waals surface area contributed by atoms with Gasteiger partial charge in [0.2, 0.25) is 0 Å². The minimum Gasteiger partial charge on any atom is -0.465 e. The third-order valence-corrected chi connectivity index (χ3v) is 8.25. The molecule has 0 amide bonds. The monoisotopic (exact) mass is 502 g/mol. The summed E-state index contributed by atoms with van der Waals surface area (Å²) in [4.78, 5) is 28.1. The summed E-state index contributed by atoms with van der Waals surface area (Å²) in [5.74, 6) is -0.563. The highest BCUT2D eigenvalue weighted by Crippen LogP contribution is 2.57. The molecule has 0 fully saturated rings. The molecule has 4 heteroatoms. The van der Waals surface area contributed by atoms with Crippen LogP contribution in [0.5, 0.6) is 0 Å². The molecule has 2 aliphatic rings. The van der Waals surface area contributed by atoms with Gasteiger partial charge in [0.1, 0.15) is 10.8 Å². The molecule has 0 unspecified atom stereocenters. The molecule has 6 rings (SSSR count). The molecule has 0 heterocycles. The second-order valence-electron chi connectivity index (χ2n) is 9.93. The molecule has 0 radical (unpaired) electrons. The lowest BCUT2D eigenvalue weighted by atomic mass is 9.67. The van der Waals surface area contributed by atoms with Gasteiger partial charge < -0.3 is 9.47 Å². The van der Waals surface area contributed by atoms with E-state index in [4.69, 9.17) is 9.47 Å². The van der Waals surface area contributed by atoms with Gasteiger partial charge in [0.25, 0.3) is 0 Å². The molecule has 0 saturated heterocycles. The Hall–Kier alpha value is -4.18. The summed E-state index contributed by atoms with van der Waals surface area (Å²) in [5.41, 5.74) is 5.79. The molecule has 190 valence electrons. The van der Waals surface area contributed by atoms with Crippen molar-refractivity contribution in [3.63, 3.8) is 0 Å². The maximum atomic E-state index is 14.1. The number of benzene rings is 4. The average molecular weight is 503 g/mol. The van der Waals surface area contributed by atoms with Gasteiger partial charge in [0, 0.05) is 0 Å². The predicted molar refractivity (Wildman–Crippen MR) is 148 cm³/mol. The molecule has 0 saturated carbocycles. The standard InChI is InChI=1S/C34H30O4/c1-3-37-31(35)33(27-17-9-5-13-23(27)24-14-6-10-18-28(24)33)21-22-34(32(36)38-4-2)29-19-11-7-15-25(29)26-16-8-12-20-30(26)34/h5-20H,3-4,21-22H2,1-2H3. The number of fused-ring (bicyclic) bond motifs is 6. The molecular weight excluding hydrogens is 472 g/mol. The van der Waals surface area contributed by atoms with E-state index in [0.717, 1.165) is 44.5 Å². The van der Waals surface area contributed by atoms with Crippen molar-refractivity contribution in [1.29, 1.82) is 0 Å². The molecule has 0 bridgehead atoms. The number of carbonyl (C=O) groups excluding carboxylic acids is 2. The fraction of sp³-hybridized carbons (Fsp3) is 0.235. The lowest BCUT2D eigenvalue weighted by Crippen LogP contribution is -2.42. The average Bonchev–Trinajstić information content (AvgIpc) is 3.41. The summed E-state index contributed by atoms with van der Waals surface area (Å²) in [6, 6.07) is 32.3. The van der Waals surface area contributed by atoms with Gasteiger partial charge in [-0.3, -0.25) is 9.59 Å². The number of rotatable bonds is 7. The molecule has 4 nitrogen and oxygen atoms in total. The van der Waals surface area contributed by atoms with Crippen LogP contribution in [0.15, 0.2) is 97.1 Å². The summed E-state index contributed by atoms with van der Waals surface area (Å²) in [6.45, 7) is 4.23. The van der Waals surface area contributed by atoms with E-state index >= 15 is 0 Å². The van der Waals surface area contributed by atoms with Crippen LogP contribution in [0.1, 0.15) is 48.9 Å². The van der Waals surface area contributed by atoms with Crippen molar-refractivity contribution in [3.05, 3.63) is 119 Å². The summed E-state index contributed by atoms with van der Waals surface area (Å²) >= 11 is 0. The molecule has 0 aliphatic heterocycles. The zero-order valence-electron chi connectivity index (χ0n) is 21.7. The van der Waals surface area contributed by atoms with Gasteiger partial charge in [-0.05, 0) is 71.2 Å². The fourth-order valence-electron chi connectivity index (χ4n) is 6.72. The van der Waals surface area contributed by atoms with Crippen LogP contribution in [-0.2, 0) is 29.9 Å². The van der Waals surface area contributed by atoms with Crippen LogP contribution in [0.2, 0.25) is 0 Å². The molecule has 0 N–H and O–H groups in total. The van der Waals surface area contributed by atoms with E-state index in [1.807, 2.05) is 86.6 Å². The number of hydrogen-bond acceptors (Lipinski definition) is 4. The highest BCUT2D eigenvalue weighted by atomic mass is 16.5. The Morgan fingerprint density at radius 2 is 0.763 bits per heavy atom. The quantitative estimate of drug-likeness (QED) is 0.260. The Morgan fingerprint density at radius 1 is 0.500 bits per heavy atom. The van der Waals surface area contributed by atoms with Gasteiger partial charge in [0.05, 0.1) is 13.2 Å². The lowest BCUT2D eigenvalue weighted by Gasteiger charge is -2.35. The smallest absolute Gasteiger partial charge is 0.321 e. The number of esters is 2. The third kappa shape index (κ3) is 3.22. The molecule has 0 aromatic heterocycles. The van der Waals surface area contributed by atoms with Crippen molar-refractivity contribution in [2.75, 3.05) is 13.2 Å². The first-order valence-electron chi connectivity index (χ1n) is 13.3. The second-order valence-corrected chi connectivity index (χ2v) is 9.93. The Morgan fingerprint density at radius 3 is 1.03 bits per heavy atom. The molecule has 0 spiro atoms. The summed E-state index contributed by atoms with van der Waals surface area (Å²) < 4.78 is 11.6. The molecular formula is C34H30O4. The van der Waals surface area contributed by atoms with Crippen molar-refractivity contribution in [1.82, 2.24) is 0 Å². The van der Waals surface area contributed by atoms with Crippen molar-refractivity contribution >= 4 is 11.9 Å². The Labute approximate surface area is 223 Å². The van der Waals surface area contributed by atoms with E-state index in [0.29, 0.717) is 12.8 Å². The SMILES string of the molecule is CCOC(=O)C1(CCC2(C(=O)OCC)c3ccccc3-c3ccccc32)c2ccccc2-c2ccccc21. The Bertz CT molecular complexity index is 1340. The third-order valence-electron chi connectivity index (χ3n) is 8.25. The lowest BCUT2D eigenvalue weighted by molar-refractivity contribution is -0.151. The predicted octanol–water partition coefficient (Wildman–Crippen LogP) is 6.83. The van der Waals surface area contributed by atoms with Crippen LogP contribution < -0.4 is 0 Å². The maximum absolute atomic E-state index is 14.1. The molecule has 4 aromatic rings. The van der Waals surface area contributed by atoms with E-state index in [1.54, 1.807) is 0 Å². The molecule has 4 aromatic carbocycles. The van der Waals surface area contributed by atoms with Gasteiger partial charge >= 0.3 is 11.9 Å². The van der Waals surface area contributed by atoms with E-state index in [-0.39, 0.29) is 25.2 Å². The molecule has 0 atom stereocenters. The van der Waals surface area contributed by atoms with Crippen LogP contribution in [0.4, 0.5) is 0 Å². The van der Waals surface area contributed by atoms with Gasteiger partial charge in [-0.15, -0.1) is 0 Å². The van der Waals surface area contributed by atoms with Crippen LogP contribution in [0, 0.1) is 0 Å². The molecule has 38 heavy (non-hydrogen) atoms. The van der Waals surface area contributed by atoms with E-state index in [2.05, 4.69) is 24.3 Å². The van der Waals surface area contributed by atoms with Gasteiger partial charge in [-0.1, -0.05) is 97.1 Å². The first kappa shape index (κ1) is 24.2. The first-order valence-corrected chi connectivity index (χ1v) is 13.3. The second kappa shape index (κ2) is 9.29. The molecule has 2 aliphatic carbocycles. The normalized spacial score (nSPS) is 15.1. The van der Waals surface area contributed by atoms with Crippen LogP contribution in [0.3, 0.4) is 0 Å². The Balaban J connectivity index is 1.57. The van der Waals surface area contributed by atoms with Crippen molar-refractivity contribution in [3.8, 4) is 22.3 Å². The van der Waals surface area contributed by atoms with E-state index in [1.165, 1.54) is 0 Å². The Kier molecular flexibility index (Phi) is 5.91. The van der Waals surface area contributed by atoms with Crippen molar-refractivity contribution in [2.45, 2.75) is 37.5 Å². The first-order chi connectivity index (χ1) is 18.6. The summed E-state index contributed by atoms with van der Waals surface area (Å²) in [5, 5.41) is 0. The van der Waals surface area contributed by atoms with Crippen LogP contribution in [-0.4, -0.2) is 25.2 Å². The topological polar surface area (TPSA) is 52.6 Å². The van der Waals surface area contributed by atoms with Crippen LogP contribution in [0.25, 0.3) is 22.3 Å². The summed E-state index contributed by atoms with van der Waals surface area (Å²) in [7, 11) is 0. The van der Waals surface area contributed by atoms with Crippen LogP contribution >= 0.6 is 0 Å². The zero-order valence-corrected chi connectivity index (χ0v) is 21.7. The summed E-state index contributed by atoms with van der Waals surface area (Å²) in [6.07, 6.45) is 0.780. The maximum Gasteiger partial charge on any atom is 0.321 e. The highest BCUT2D eigenvalue weighted by molar-refractivity contribution is 6.00. The van der Waals surface area contributed by atoms with Crippen molar-refractivity contribution < 1.29 is 19.1 Å². The fourth-order valence-corrected chi connectivity index (χ4v) is 6.72. The van der Waals surface area contributed by atoms with Gasteiger partial charge in [-0.25, -0.2) is 0 Å². The number of hydrogen-bond donors (Lipinski definition) is 0. The number of ether oxygens (including phenoxy) is 2. The van der Waals surface area contributed by atoms with E-state index < -0.39 is 10.8 Å². The minimum atomic E-state index is -1.03.